The molecule has 17 heavy (non-hydrogen) atoms. The number of halogens is 2. The van der Waals surface area contributed by atoms with E-state index in [2.05, 4.69) is 20.9 Å². The summed E-state index contributed by atoms with van der Waals surface area (Å²) < 4.78 is 19.6. The Hall–Kier alpha value is -1.42. The molecule has 0 bridgehead atoms. The minimum absolute atomic E-state index is 0.176. The maximum absolute atomic E-state index is 13.5. The monoisotopic (exact) mass is 295 g/mol. The van der Waals surface area contributed by atoms with Crippen molar-refractivity contribution in [2.24, 2.45) is 0 Å². The molecule has 0 unspecified atom stereocenters. The van der Waals surface area contributed by atoms with Crippen molar-refractivity contribution in [2.75, 3.05) is 0 Å². The maximum atomic E-state index is 13.5. The van der Waals surface area contributed by atoms with E-state index >= 15 is 0 Å². The Morgan fingerprint density at radius 3 is 2.82 bits per heavy atom. The van der Waals surface area contributed by atoms with Crippen LogP contribution in [-0.2, 0) is 6.61 Å². The van der Waals surface area contributed by atoms with Crippen LogP contribution < -0.4 is 4.74 Å². The van der Waals surface area contributed by atoms with Crippen LogP contribution in [0.3, 0.4) is 0 Å². The standard InChI is InChI=1S/C13H11BrFNO/c1-9-3-2-4-13(16-9)17-8-10-5-6-11(14)7-12(10)15/h2-7H,8H2,1H3. The summed E-state index contributed by atoms with van der Waals surface area (Å²) >= 11 is 3.21. The van der Waals surface area contributed by atoms with Gasteiger partial charge in [0.15, 0.2) is 0 Å². The first-order valence-corrected chi connectivity index (χ1v) is 5.95. The first-order valence-electron chi connectivity index (χ1n) is 5.15. The lowest BCUT2D eigenvalue weighted by molar-refractivity contribution is 0.287. The van der Waals surface area contributed by atoms with Crippen molar-refractivity contribution >= 4 is 15.9 Å². The predicted molar refractivity (Wildman–Crippen MR) is 67.4 cm³/mol. The topological polar surface area (TPSA) is 22.1 Å². The van der Waals surface area contributed by atoms with Crippen molar-refractivity contribution in [1.82, 2.24) is 4.98 Å². The number of nitrogens with zero attached hydrogens (tertiary/aromatic N) is 1. The lowest BCUT2D eigenvalue weighted by atomic mass is 10.2. The summed E-state index contributed by atoms with van der Waals surface area (Å²) in [6.45, 7) is 2.06. The Balaban J connectivity index is 2.07. The maximum Gasteiger partial charge on any atom is 0.213 e. The quantitative estimate of drug-likeness (QED) is 0.857. The molecule has 88 valence electrons. The Morgan fingerprint density at radius 1 is 1.29 bits per heavy atom. The van der Waals surface area contributed by atoms with E-state index in [1.807, 2.05) is 19.1 Å². The fraction of sp³-hybridized carbons (Fsp3) is 0.154. The third-order valence-corrected chi connectivity index (χ3v) is 2.75. The number of aryl methyl sites for hydroxylation is 1. The zero-order chi connectivity index (χ0) is 12.3. The Morgan fingerprint density at radius 2 is 2.12 bits per heavy atom. The summed E-state index contributed by atoms with van der Waals surface area (Å²) in [5.74, 6) is 0.222. The van der Waals surface area contributed by atoms with Gasteiger partial charge >= 0.3 is 0 Å². The van der Waals surface area contributed by atoms with E-state index in [1.54, 1.807) is 18.2 Å². The van der Waals surface area contributed by atoms with Crippen LogP contribution in [0.1, 0.15) is 11.3 Å². The summed E-state index contributed by atoms with van der Waals surface area (Å²) in [5, 5.41) is 0. The van der Waals surface area contributed by atoms with Gasteiger partial charge in [-0.15, -0.1) is 0 Å². The van der Waals surface area contributed by atoms with Crippen molar-refractivity contribution in [1.29, 1.82) is 0 Å². The van der Waals surface area contributed by atoms with E-state index in [-0.39, 0.29) is 12.4 Å². The third-order valence-electron chi connectivity index (χ3n) is 2.25. The highest BCUT2D eigenvalue weighted by Gasteiger charge is 2.04. The lowest BCUT2D eigenvalue weighted by Crippen LogP contribution is -2.00. The molecule has 0 saturated heterocycles. The smallest absolute Gasteiger partial charge is 0.213 e. The molecule has 1 heterocycles. The molecule has 1 aromatic carbocycles. The highest BCUT2D eigenvalue weighted by Crippen LogP contribution is 2.17. The van der Waals surface area contributed by atoms with Gasteiger partial charge in [0, 0.05) is 21.8 Å². The molecule has 0 saturated carbocycles. The van der Waals surface area contributed by atoms with Crippen molar-refractivity contribution < 1.29 is 9.13 Å². The van der Waals surface area contributed by atoms with Gasteiger partial charge in [-0.1, -0.05) is 28.1 Å². The van der Waals surface area contributed by atoms with Gasteiger partial charge in [-0.2, -0.15) is 0 Å². The summed E-state index contributed by atoms with van der Waals surface area (Å²) in [6.07, 6.45) is 0. The second kappa shape index (κ2) is 5.27. The zero-order valence-corrected chi connectivity index (χ0v) is 10.9. The van der Waals surface area contributed by atoms with Gasteiger partial charge < -0.3 is 4.74 Å². The van der Waals surface area contributed by atoms with Crippen LogP contribution in [0.25, 0.3) is 0 Å². The highest BCUT2D eigenvalue weighted by molar-refractivity contribution is 9.10. The number of hydrogen-bond acceptors (Lipinski definition) is 2. The normalized spacial score (nSPS) is 10.3. The molecule has 1 aromatic heterocycles. The predicted octanol–water partition coefficient (Wildman–Crippen LogP) is 3.87. The summed E-state index contributed by atoms with van der Waals surface area (Å²) in [6, 6.07) is 10.4. The molecule has 0 N–H and O–H groups in total. The molecule has 0 aliphatic heterocycles. The molecule has 4 heteroatoms. The van der Waals surface area contributed by atoms with E-state index in [1.165, 1.54) is 6.07 Å². The highest BCUT2D eigenvalue weighted by atomic mass is 79.9. The van der Waals surface area contributed by atoms with E-state index < -0.39 is 0 Å². The van der Waals surface area contributed by atoms with Gasteiger partial charge in [0.2, 0.25) is 5.88 Å². The SMILES string of the molecule is Cc1cccc(OCc2ccc(Br)cc2F)n1. The van der Waals surface area contributed by atoms with E-state index in [0.717, 1.165) is 5.69 Å². The van der Waals surface area contributed by atoms with Gasteiger partial charge in [-0.25, -0.2) is 9.37 Å². The molecular formula is C13H11BrFNO. The number of benzene rings is 1. The third kappa shape index (κ3) is 3.27. The van der Waals surface area contributed by atoms with Gasteiger partial charge in [-0.05, 0) is 25.1 Å². The largest absolute Gasteiger partial charge is 0.473 e. The average molecular weight is 296 g/mol. The molecule has 0 aliphatic carbocycles. The molecule has 2 rings (SSSR count). The van der Waals surface area contributed by atoms with Crippen molar-refractivity contribution in [2.45, 2.75) is 13.5 Å². The first-order chi connectivity index (χ1) is 8.15. The zero-order valence-electron chi connectivity index (χ0n) is 9.28. The van der Waals surface area contributed by atoms with Gasteiger partial charge in [0.25, 0.3) is 0 Å². The molecule has 0 aliphatic rings. The number of rotatable bonds is 3. The number of hydrogen-bond donors (Lipinski definition) is 0. The van der Waals surface area contributed by atoms with Crippen LogP contribution in [-0.4, -0.2) is 4.98 Å². The van der Waals surface area contributed by atoms with Crippen LogP contribution in [0.2, 0.25) is 0 Å². The molecule has 0 spiro atoms. The second-order valence-corrected chi connectivity index (χ2v) is 4.56. The minimum atomic E-state index is -0.285. The Kier molecular flexibility index (Phi) is 3.74. The van der Waals surface area contributed by atoms with Crippen molar-refractivity contribution in [3.63, 3.8) is 0 Å². The number of pyridine rings is 1. The number of ether oxygens (including phenoxy) is 1. The van der Waals surface area contributed by atoms with Crippen LogP contribution in [0.4, 0.5) is 4.39 Å². The van der Waals surface area contributed by atoms with Crippen molar-refractivity contribution in [3.8, 4) is 5.88 Å². The van der Waals surface area contributed by atoms with E-state index in [0.29, 0.717) is 15.9 Å². The Labute approximate surface area is 108 Å². The van der Waals surface area contributed by atoms with Crippen LogP contribution >= 0.6 is 15.9 Å². The van der Waals surface area contributed by atoms with Gasteiger partial charge in [-0.3, -0.25) is 0 Å². The molecule has 0 radical (unpaired) electrons. The first kappa shape index (κ1) is 12.0. The second-order valence-electron chi connectivity index (χ2n) is 3.64. The molecule has 2 nitrogen and oxygen atoms in total. The van der Waals surface area contributed by atoms with Crippen molar-refractivity contribution in [3.05, 3.63) is 57.9 Å². The van der Waals surface area contributed by atoms with Crippen LogP contribution in [0.15, 0.2) is 40.9 Å². The number of aromatic nitrogens is 1. The van der Waals surface area contributed by atoms with Gasteiger partial charge in [0.05, 0.1) is 0 Å². The molecule has 0 atom stereocenters. The molecule has 0 amide bonds. The lowest BCUT2D eigenvalue weighted by Gasteiger charge is -2.07. The van der Waals surface area contributed by atoms with E-state index in [9.17, 15) is 4.39 Å². The molecular weight excluding hydrogens is 285 g/mol. The summed E-state index contributed by atoms with van der Waals surface area (Å²) in [7, 11) is 0. The molecule has 0 fully saturated rings. The fourth-order valence-electron chi connectivity index (χ4n) is 1.39. The fourth-order valence-corrected chi connectivity index (χ4v) is 1.72. The van der Waals surface area contributed by atoms with E-state index in [4.69, 9.17) is 4.74 Å². The van der Waals surface area contributed by atoms with Gasteiger partial charge in [0.1, 0.15) is 12.4 Å². The Bertz CT molecular complexity index is 531. The average Bonchev–Trinajstić information content (AvgIpc) is 2.28. The summed E-state index contributed by atoms with van der Waals surface area (Å²) in [4.78, 5) is 4.18. The van der Waals surface area contributed by atoms with Crippen LogP contribution in [0.5, 0.6) is 5.88 Å². The minimum Gasteiger partial charge on any atom is -0.473 e. The summed E-state index contributed by atoms with van der Waals surface area (Å²) in [5.41, 5.74) is 1.38. The molecule has 2 aromatic rings. The van der Waals surface area contributed by atoms with Crippen LogP contribution in [0, 0.1) is 12.7 Å².